The smallest absolute Gasteiger partial charge is 0.260 e. The van der Waals surface area contributed by atoms with Crippen LogP contribution in [0.2, 0.25) is 0 Å². The number of aryl methyl sites for hydroxylation is 2. The molecule has 0 fully saturated rings. The number of aromatic nitrogens is 1. The number of fused-ring (bicyclic) bond motifs is 1. The molecule has 3 rings (SSSR count). The van der Waals surface area contributed by atoms with Gasteiger partial charge in [-0.15, -0.1) is 12.4 Å². The largest absolute Gasteiger partial charge is 0.490 e. The zero-order valence-corrected chi connectivity index (χ0v) is 21.9. The quantitative estimate of drug-likeness (QED) is 0.362. The first kappa shape index (κ1) is 26.9. The molecule has 0 spiro atoms. The number of anilines is 1. The molecular weight excluding hydrogens is 458 g/mol. The first-order valence-electron chi connectivity index (χ1n) is 11.1. The predicted octanol–water partition coefficient (Wildman–Crippen LogP) is 5.73. The number of carbonyl (C=O) groups is 1. The van der Waals surface area contributed by atoms with Crippen LogP contribution >= 0.6 is 23.7 Å². The molecular formula is C25H34ClN3O3S. The van der Waals surface area contributed by atoms with Crippen molar-refractivity contribution in [2.24, 2.45) is 0 Å². The fraction of sp³-hybridized carbons (Fsp3) is 0.440. The Bertz CT molecular complexity index is 1080. The highest BCUT2D eigenvalue weighted by molar-refractivity contribution is 7.22. The van der Waals surface area contributed by atoms with Crippen LogP contribution in [0.15, 0.2) is 30.3 Å². The number of thiazole rings is 1. The number of rotatable bonds is 10. The van der Waals surface area contributed by atoms with Crippen LogP contribution in [0, 0.1) is 13.8 Å². The standard InChI is InChI=1S/C25H33N3O3S.ClH/c1-7-30-20-12-11-19(16-21(20)31-8-2)24(29)28(15-9-14-27(5)6)25-26-23-18(4)17(3)10-13-22(23)32-25;/h10-13,16H,7-9,14-15H2,1-6H3;1H. The van der Waals surface area contributed by atoms with Gasteiger partial charge >= 0.3 is 0 Å². The molecule has 0 saturated carbocycles. The molecule has 0 aliphatic rings. The number of amides is 1. The molecule has 1 amide bonds. The van der Waals surface area contributed by atoms with Gasteiger partial charge in [-0.05, 0) is 90.1 Å². The molecule has 1 heterocycles. The molecule has 0 bridgehead atoms. The first-order chi connectivity index (χ1) is 15.3. The van der Waals surface area contributed by atoms with Gasteiger partial charge in [-0.25, -0.2) is 4.98 Å². The lowest BCUT2D eigenvalue weighted by Gasteiger charge is -2.22. The van der Waals surface area contributed by atoms with Crippen molar-refractivity contribution in [3.63, 3.8) is 0 Å². The minimum absolute atomic E-state index is 0. The number of halogens is 1. The summed E-state index contributed by atoms with van der Waals surface area (Å²) < 4.78 is 12.5. The second-order valence-electron chi connectivity index (χ2n) is 7.99. The summed E-state index contributed by atoms with van der Waals surface area (Å²) in [6.07, 6.45) is 0.849. The molecule has 1 aromatic heterocycles. The molecule has 0 radical (unpaired) electrons. The van der Waals surface area contributed by atoms with Gasteiger partial charge in [0.1, 0.15) is 0 Å². The topological polar surface area (TPSA) is 54.9 Å². The predicted molar refractivity (Wildman–Crippen MR) is 140 cm³/mol. The van der Waals surface area contributed by atoms with E-state index in [0.717, 1.165) is 33.9 Å². The van der Waals surface area contributed by atoms with Gasteiger partial charge in [0.05, 0.1) is 23.4 Å². The molecule has 6 nitrogen and oxygen atoms in total. The zero-order valence-electron chi connectivity index (χ0n) is 20.3. The average molecular weight is 492 g/mol. The molecule has 8 heteroatoms. The molecule has 0 aliphatic carbocycles. The highest BCUT2D eigenvalue weighted by atomic mass is 35.5. The summed E-state index contributed by atoms with van der Waals surface area (Å²) in [5.74, 6) is 1.15. The van der Waals surface area contributed by atoms with Gasteiger partial charge < -0.3 is 14.4 Å². The lowest BCUT2D eigenvalue weighted by molar-refractivity contribution is 0.0985. The Kier molecular flexibility index (Phi) is 9.95. The van der Waals surface area contributed by atoms with Crippen molar-refractivity contribution in [1.29, 1.82) is 0 Å². The van der Waals surface area contributed by atoms with Crippen LogP contribution in [0.5, 0.6) is 11.5 Å². The number of benzene rings is 2. The Hall–Kier alpha value is -2.35. The van der Waals surface area contributed by atoms with Gasteiger partial charge in [-0.3, -0.25) is 9.69 Å². The average Bonchev–Trinajstić information content (AvgIpc) is 3.19. The second kappa shape index (κ2) is 12.2. The van der Waals surface area contributed by atoms with Crippen LogP contribution in [0.25, 0.3) is 10.2 Å². The molecule has 3 aromatic rings. The van der Waals surface area contributed by atoms with Crippen LogP contribution in [-0.2, 0) is 0 Å². The van der Waals surface area contributed by atoms with Gasteiger partial charge in [-0.2, -0.15) is 0 Å². The molecule has 0 aliphatic heterocycles. The van der Waals surface area contributed by atoms with Crippen molar-refractivity contribution in [3.05, 3.63) is 47.0 Å². The van der Waals surface area contributed by atoms with Gasteiger partial charge in [-0.1, -0.05) is 17.4 Å². The third-order valence-electron chi connectivity index (χ3n) is 5.33. The summed E-state index contributed by atoms with van der Waals surface area (Å²) in [6, 6.07) is 9.59. The molecule has 0 N–H and O–H groups in total. The number of ether oxygens (including phenoxy) is 2. The summed E-state index contributed by atoms with van der Waals surface area (Å²) in [5, 5.41) is 0.726. The third kappa shape index (κ3) is 6.37. The van der Waals surface area contributed by atoms with Crippen molar-refractivity contribution >= 4 is 45.0 Å². The van der Waals surface area contributed by atoms with E-state index in [4.69, 9.17) is 14.5 Å². The van der Waals surface area contributed by atoms with Gasteiger partial charge in [0.2, 0.25) is 0 Å². The van der Waals surface area contributed by atoms with E-state index in [1.165, 1.54) is 5.56 Å². The first-order valence-corrected chi connectivity index (χ1v) is 11.9. The minimum Gasteiger partial charge on any atom is -0.490 e. The summed E-state index contributed by atoms with van der Waals surface area (Å²) in [6.45, 7) is 10.5. The maximum Gasteiger partial charge on any atom is 0.260 e. The third-order valence-corrected chi connectivity index (χ3v) is 6.37. The van der Waals surface area contributed by atoms with Crippen molar-refractivity contribution in [1.82, 2.24) is 9.88 Å². The summed E-state index contributed by atoms with van der Waals surface area (Å²) in [7, 11) is 4.08. The monoisotopic (exact) mass is 491 g/mol. The Balaban J connectivity index is 0.00000385. The normalized spacial score (nSPS) is 10.9. The highest BCUT2D eigenvalue weighted by Gasteiger charge is 2.23. The SMILES string of the molecule is CCOc1ccc(C(=O)N(CCCN(C)C)c2nc3c(C)c(C)ccc3s2)cc1OCC.Cl. The number of hydrogen-bond acceptors (Lipinski definition) is 6. The molecule has 0 unspecified atom stereocenters. The Morgan fingerprint density at radius 3 is 2.36 bits per heavy atom. The number of hydrogen-bond donors (Lipinski definition) is 0. The van der Waals surface area contributed by atoms with Gasteiger partial charge in [0.25, 0.3) is 5.91 Å². The molecule has 2 aromatic carbocycles. The minimum atomic E-state index is -0.0822. The maximum absolute atomic E-state index is 13.7. The van der Waals surface area contributed by atoms with Crippen molar-refractivity contribution in [2.45, 2.75) is 34.1 Å². The molecule has 180 valence electrons. The maximum atomic E-state index is 13.7. The summed E-state index contributed by atoms with van der Waals surface area (Å²) in [4.78, 5) is 22.5. The second-order valence-corrected chi connectivity index (χ2v) is 9.00. The Morgan fingerprint density at radius 1 is 1.00 bits per heavy atom. The number of carbonyl (C=O) groups excluding carboxylic acids is 1. The van der Waals surface area contributed by atoms with Crippen LogP contribution in [0.1, 0.15) is 41.8 Å². The van der Waals surface area contributed by atoms with Crippen LogP contribution in [-0.4, -0.2) is 56.2 Å². The highest BCUT2D eigenvalue weighted by Crippen LogP contribution is 2.34. The molecule has 33 heavy (non-hydrogen) atoms. The van der Waals surface area contributed by atoms with E-state index >= 15 is 0 Å². The number of nitrogens with zero attached hydrogens (tertiary/aromatic N) is 3. The fourth-order valence-electron chi connectivity index (χ4n) is 3.50. The van der Waals surface area contributed by atoms with Crippen LogP contribution in [0.4, 0.5) is 5.13 Å². The molecule has 0 atom stereocenters. The molecule has 0 saturated heterocycles. The Morgan fingerprint density at radius 2 is 1.70 bits per heavy atom. The van der Waals surface area contributed by atoms with E-state index in [2.05, 4.69) is 30.9 Å². The van der Waals surface area contributed by atoms with E-state index in [-0.39, 0.29) is 18.3 Å². The van der Waals surface area contributed by atoms with Crippen molar-refractivity contribution < 1.29 is 14.3 Å². The summed E-state index contributed by atoms with van der Waals surface area (Å²) in [5.41, 5.74) is 3.89. The lowest BCUT2D eigenvalue weighted by Crippen LogP contribution is -2.33. The van der Waals surface area contributed by atoms with Crippen molar-refractivity contribution in [3.8, 4) is 11.5 Å². The van der Waals surface area contributed by atoms with Crippen LogP contribution < -0.4 is 14.4 Å². The van der Waals surface area contributed by atoms with Crippen molar-refractivity contribution in [2.75, 3.05) is 45.3 Å². The fourth-order valence-corrected chi connectivity index (χ4v) is 4.55. The summed E-state index contributed by atoms with van der Waals surface area (Å²) >= 11 is 1.56. The van der Waals surface area contributed by atoms with E-state index in [1.807, 2.05) is 34.0 Å². The van der Waals surface area contributed by atoms with Gasteiger partial charge in [0.15, 0.2) is 16.6 Å². The Labute approximate surface area is 206 Å². The van der Waals surface area contributed by atoms with Gasteiger partial charge in [0, 0.05) is 12.1 Å². The van der Waals surface area contributed by atoms with E-state index in [9.17, 15) is 4.79 Å². The lowest BCUT2D eigenvalue weighted by atomic mass is 10.1. The van der Waals surface area contributed by atoms with Crippen LogP contribution in [0.3, 0.4) is 0 Å². The van der Waals surface area contributed by atoms with E-state index in [1.54, 1.807) is 28.4 Å². The van der Waals surface area contributed by atoms with E-state index < -0.39 is 0 Å². The zero-order chi connectivity index (χ0) is 23.3. The van der Waals surface area contributed by atoms with E-state index in [0.29, 0.717) is 36.8 Å².